The number of aliphatic hydroxyl groups excluding tert-OH is 1. The molecule has 0 aliphatic rings. The molecular weight excluding hydrogens is 411 g/mol. The standard InChI is InChI=1S/C21H18Cl2N4O2/c1-11-6-15-19(16(23)9-25-20(15)26-11)13-7-17(24-8-13)21(29)27-18(10-28)12-2-4-14(22)5-3-12/h2-9,18,24,28H,10H2,1H3,(H,25,26)(H,27,29)/t18-/m1/s1. The second-order valence-corrected chi connectivity index (χ2v) is 7.60. The van der Waals surface area contributed by atoms with Crippen LogP contribution in [0.3, 0.4) is 0 Å². The number of halogens is 2. The van der Waals surface area contributed by atoms with Gasteiger partial charge in [-0.05, 0) is 36.8 Å². The van der Waals surface area contributed by atoms with Gasteiger partial charge in [0.05, 0.1) is 17.7 Å². The molecule has 3 aromatic heterocycles. The number of carbonyl (C=O) groups is 1. The van der Waals surface area contributed by atoms with Gasteiger partial charge < -0.3 is 20.4 Å². The highest BCUT2D eigenvalue weighted by atomic mass is 35.5. The molecule has 0 aliphatic heterocycles. The van der Waals surface area contributed by atoms with E-state index in [0.717, 1.165) is 33.4 Å². The first kappa shape index (κ1) is 19.5. The van der Waals surface area contributed by atoms with Crippen molar-refractivity contribution in [3.05, 3.63) is 75.8 Å². The molecule has 4 rings (SSSR count). The minimum absolute atomic E-state index is 0.236. The SMILES string of the molecule is Cc1cc2c(-c3c[nH]c(C(=O)N[C@H](CO)c4ccc(Cl)cc4)c3)c(Cl)cnc2[nH]1. The summed E-state index contributed by atoms with van der Waals surface area (Å²) in [6, 6.07) is 10.1. The van der Waals surface area contributed by atoms with Crippen molar-refractivity contribution < 1.29 is 9.90 Å². The summed E-state index contributed by atoms with van der Waals surface area (Å²) in [6.07, 6.45) is 3.32. The molecule has 148 valence electrons. The van der Waals surface area contributed by atoms with E-state index in [1.807, 2.05) is 13.0 Å². The van der Waals surface area contributed by atoms with Crippen LogP contribution in [0.4, 0.5) is 0 Å². The summed E-state index contributed by atoms with van der Waals surface area (Å²) in [4.78, 5) is 23.2. The predicted octanol–water partition coefficient (Wildman–Crippen LogP) is 4.64. The number of aryl methyl sites for hydroxylation is 1. The molecule has 6 nitrogen and oxygen atoms in total. The van der Waals surface area contributed by atoms with Gasteiger partial charge in [-0.3, -0.25) is 4.79 Å². The number of carbonyl (C=O) groups excluding carboxylic acids is 1. The Morgan fingerprint density at radius 3 is 2.72 bits per heavy atom. The van der Waals surface area contributed by atoms with Gasteiger partial charge in [-0.25, -0.2) is 4.98 Å². The Balaban J connectivity index is 1.61. The van der Waals surface area contributed by atoms with Crippen molar-refractivity contribution >= 4 is 40.1 Å². The molecule has 0 saturated heterocycles. The van der Waals surface area contributed by atoms with Crippen LogP contribution in [-0.4, -0.2) is 32.6 Å². The van der Waals surface area contributed by atoms with Gasteiger partial charge in [0, 0.05) is 39.6 Å². The fourth-order valence-electron chi connectivity index (χ4n) is 3.31. The van der Waals surface area contributed by atoms with Crippen LogP contribution in [0.25, 0.3) is 22.2 Å². The van der Waals surface area contributed by atoms with Crippen LogP contribution in [0, 0.1) is 6.92 Å². The zero-order chi connectivity index (χ0) is 20.5. The molecule has 0 radical (unpaired) electrons. The van der Waals surface area contributed by atoms with Gasteiger partial charge in [-0.1, -0.05) is 35.3 Å². The Kier molecular flexibility index (Phi) is 5.32. The monoisotopic (exact) mass is 428 g/mol. The van der Waals surface area contributed by atoms with Crippen LogP contribution in [0.2, 0.25) is 10.0 Å². The number of fused-ring (bicyclic) bond motifs is 1. The number of aromatic nitrogens is 3. The molecule has 1 aromatic carbocycles. The van der Waals surface area contributed by atoms with E-state index in [1.54, 1.807) is 42.7 Å². The number of nitrogens with one attached hydrogen (secondary N) is 3. The van der Waals surface area contributed by atoms with Crippen LogP contribution in [0.15, 0.2) is 48.8 Å². The van der Waals surface area contributed by atoms with Crippen LogP contribution < -0.4 is 5.32 Å². The maximum absolute atomic E-state index is 12.7. The Labute approximate surface area is 176 Å². The van der Waals surface area contributed by atoms with Gasteiger partial charge in [0.1, 0.15) is 11.3 Å². The van der Waals surface area contributed by atoms with Crippen molar-refractivity contribution in [1.29, 1.82) is 0 Å². The lowest BCUT2D eigenvalue weighted by atomic mass is 10.1. The van der Waals surface area contributed by atoms with E-state index in [1.165, 1.54) is 0 Å². The lowest BCUT2D eigenvalue weighted by Crippen LogP contribution is -2.30. The number of hydrogen-bond donors (Lipinski definition) is 4. The number of aliphatic hydroxyl groups is 1. The molecule has 0 aliphatic carbocycles. The average molecular weight is 429 g/mol. The van der Waals surface area contributed by atoms with Gasteiger partial charge in [0.25, 0.3) is 5.91 Å². The van der Waals surface area contributed by atoms with Crippen molar-refractivity contribution in [3.8, 4) is 11.1 Å². The smallest absolute Gasteiger partial charge is 0.268 e. The van der Waals surface area contributed by atoms with Gasteiger partial charge >= 0.3 is 0 Å². The maximum Gasteiger partial charge on any atom is 0.268 e. The molecule has 0 spiro atoms. The summed E-state index contributed by atoms with van der Waals surface area (Å²) < 4.78 is 0. The third-order valence-electron chi connectivity index (χ3n) is 4.72. The van der Waals surface area contributed by atoms with E-state index in [-0.39, 0.29) is 12.5 Å². The summed E-state index contributed by atoms with van der Waals surface area (Å²) in [5, 5.41) is 14.5. The molecule has 0 unspecified atom stereocenters. The largest absolute Gasteiger partial charge is 0.394 e. The number of pyridine rings is 1. The first-order valence-corrected chi connectivity index (χ1v) is 9.71. The molecule has 1 atom stereocenters. The Bertz CT molecular complexity index is 1180. The van der Waals surface area contributed by atoms with Crippen molar-refractivity contribution in [3.63, 3.8) is 0 Å². The Morgan fingerprint density at radius 2 is 2.00 bits per heavy atom. The maximum atomic E-state index is 12.7. The first-order valence-electron chi connectivity index (χ1n) is 8.96. The highest BCUT2D eigenvalue weighted by molar-refractivity contribution is 6.34. The lowest BCUT2D eigenvalue weighted by molar-refractivity contribution is 0.0912. The number of nitrogens with zero attached hydrogens (tertiary/aromatic N) is 1. The second-order valence-electron chi connectivity index (χ2n) is 6.76. The molecule has 4 N–H and O–H groups in total. The van der Waals surface area contributed by atoms with Crippen molar-refractivity contribution in [2.75, 3.05) is 6.61 Å². The van der Waals surface area contributed by atoms with E-state index >= 15 is 0 Å². The minimum atomic E-state index is -0.546. The number of aromatic amines is 2. The summed E-state index contributed by atoms with van der Waals surface area (Å²) in [5.41, 5.74) is 4.40. The zero-order valence-electron chi connectivity index (χ0n) is 15.5. The van der Waals surface area contributed by atoms with Gasteiger partial charge in [-0.2, -0.15) is 0 Å². The van der Waals surface area contributed by atoms with Crippen molar-refractivity contribution in [2.45, 2.75) is 13.0 Å². The molecular formula is C21H18Cl2N4O2. The van der Waals surface area contributed by atoms with Crippen LogP contribution in [-0.2, 0) is 0 Å². The summed E-state index contributed by atoms with van der Waals surface area (Å²) in [5.74, 6) is -0.336. The summed E-state index contributed by atoms with van der Waals surface area (Å²) in [7, 11) is 0. The molecule has 0 fully saturated rings. The highest BCUT2D eigenvalue weighted by Gasteiger charge is 2.18. The number of benzene rings is 1. The van der Waals surface area contributed by atoms with E-state index < -0.39 is 6.04 Å². The summed E-state index contributed by atoms with van der Waals surface area (Å²) in [6.45, 7) is 1.71. The minimum Gasteiger partial charge on any atom is -0.394 e. The molecule has 29 heavy (non-hydrogen) atoms. The van der Waals surface area contributed by atoms with Crippen molar-refractivity contribution in [1.82, 2.24) is 20.3 Å². The molecule has 4 aromatic rings. The number of hydrogen-bond acceptors (Lipinski definition) is 3. The lowest BCUT2D eigenvalue weighted by Gasteiger charge is -2.16. The molecule has 1 amide bonds. The quantitative estimate of drug-likeness (QED) is 0.373. The third-order valence-corrected chi connectivity index (χ3v) is 5.26. The predicted molar refractivity (Wildman–Crippen MR) is 114 cm³/mol. The molecule has 0 bridgehead atoms. The normalized spacial score (nSPS) is 12.3. The Hall–Kier alpha value is -2.80. The highest BCUT2D eigenvalue weighted by Crippen LogP contribution is 2.34. The zero-order valence-corrected chi connectivity index (χ0v) is 17.0. The van der Waals surface area contributed by atoms with E-state index in [2.05, 4.69) is 20.3 Å². The van der Waals surface area contributed by atoms with Crippen molar-refractivity contribution in [2.24, 2.45) is 0 Å². The van der Waals surface area contributed by atoms with Crippen LogP contribution in [0.1, 0.15) is 27.8 Å². The van der Waals surface area contributed by atoms with Gasteiger partial charge in [0.2, 0.25) is 0 Å². The topological polar surface area (TPSA) is 93.8 Å². The summed E-state index contributed by atoms with van der Waals surface area (Å²) >= 11 is 12.3. The molecule has 0 saturated carbocycles. The molecule has 8 heteroatoms. The fourth-order valence-corrected chi connectivity index (χ4v) is 3.70. The van der Waals surface area contributed by atoms with E-state index in [9.17, 15) is 9.90 Å². The number of amides is 1. The first-order chi connectivity index (χ1) is 14.0. The van der Waals surface area contributed by atoms with Crippen LogP contribution >= 0.6 is 23.2 Å². The second kappa shape index (κ2) is 7.91. The Morgan fingerprint density at radius 1 is 1.24 bits per heavy atom. The van der Waals surface area contributed by atoms with E-state index in [4.69, 9.17) is 23.2 Å². The van der Waals surface area contributed by atoms with E-state index in [0.29, 0.717) is 15.7 Å². The number of rotatable bonds is 5. The molecule has 3 heterocycles. The number of H-pyrrole nitrogens is 2. The van der Waals surface area contributed by atoms with Crippen LogP contribution in [0.5, 0.6) is 0 Å². The average Bonchev–Trinajstić information content (AvgIpc) is 3.33. The fraction of sp³-hybridized carbons (Fsp3) is 0.143. The van der Waals surface area contributed by atoms with Gasteiger partial charge in [-0.15, -0.1) is 0 Å². The third kappa shape index (κ3) is 3.87. The van der Waals surface area contributed by atoms with Gasteiger partial charge in [0.15, 0.2) is 0 Å².